The minimum Gasteiger partial charge on any atom is -0.376 e. The van der Waals surface area contributed by atoms with E-state index in [2.05, 4.69) is 27.4 Å². The van der Waals surface area contributed by atoms with Crippen molar-refractivity contribution in [1.29, 1.82) is 0 Å². The molecule has 1 atom stereocenters. The van der Waals surface area contributed by atoms with E-state index in [1.807, 2.05) is 17.2 Å². The van der Waals surface area contributed by atoms with E-state index in [0.29, 0.717) is 6.04 Å². The highest BCUT2D eigenvalue weighted by Gasteiger charge is 2.31. The van der Waals surface area contributed by atoms with Crippen molar-refractivity contribution in [3.05, 3.63) is 22.4 Å². The molecule has 2 heterocycles. The summed E-state index contributed by atoms with van der Waals surface area (Å²) >= 11 is 3.50. The lowest BCUT2D eigenvalue weighted by Crippen LogP contribution is -2.43. The second-order valence-corrected chi connectivity index (χ2v) is 6.98. The molecular formula is C16H23BrN2O2. The second kappa shape index (κ2) is 6.53. The van der Waals surface area contributed by atoms with Crippen molar-refractivity contribution in [3.63, 3.8) is 0 Å². The third-order valence-electron chi connectivity index (χ3n) is 4.20. The Bertz CT molecular complexity index is 510. The molecule has 0 bridgehead atoms. The average Bonchev–Trinajstić information content (AvgIpc) is 3.27. The van der Waals surface area contributed by atoms with Gasteiger partial charge in [-0.1, -0.05) is 6.92 Å². The van der Waals surface area contributed by atoms with Crippen LogP contribution in [-0.4, -0.2) is 41.2 Å². The molecule has 116 valence electrons. The first-order valence-corrected chi connectivity index (χ1v) is 8.76. The predicted molar refractivity (Wildman–Crippen MR) is 85.6 cm³/mol. The number of likely N-dealkylation sites (tertiary alicyclic amines) is 1. The van der Waals surface area contributed by atoms with Gasteiger partial charge < -0.3 is 14.2 Å². The molecule has 0 N–H and O–H groups in total. The molecular weight excluding hydrogens is 332 g/mol. The monoisotopic (exact) mass is 354 g/mol. The molecule has 3 rings (SSSR count). The topological polar surface area (TPSA) is 34.5 Å². The molecule has 2 fully saturated rings. The average molecular weight is 355 g/mol. The maximum Gasteiger partial charge on any atom is 0.270 e. The van der Waals surface area contributed by atoms with Gasteiger partial charge in [0.1, 0.15) is 5.69 Å². The Morgan fingerprint density at radius 2 is 2.24 bits per heavy atom. The van der Waals surface area contributed by atoms with Crippen LogP contribution in [0.2, 0.25) is 0 Å². The van der Waals surface area contributed by atoms with Gasteiger partial charge in [-0.3, -0.25) is 4.79 Å². The highest BCUT2D eigenvalue weighted by molar-refractivity contribution is 9.10. The maximum atomic E-state index is 12.8. The van der Waals surface area contributed by atoms with Crippen LogP contribution in [0.25, 0.3) is 0 Å². The molecule has 1 aliphatic carbocycles. The third kappa shape index (κ3) is 3.51. The molecule has 1 saturated heterocycles. The summed E-state index contributed by atoms with van der Waals surface area (Å²) in [5.41, 5.74) is 0.820. The molecule has 21 heavy (non-hydrogen) atoms. The summed E-state index contributed by atoms with van der Waals surface area (Å²) in [5, 5.41) is 0. The Kier molecular flexibility index (Phi) is 4.69. The Labute approximate surface area is 134 Å². The Morgan fingerprint density at radius 3 is 2.95 bits per heavy atom. The summed E-state index contributed by atoms with van der Waals surface area (Å²) in [5.74, 6) is 0.150. The van der Waals surface area contributed by atoms with Crippen molar-refractivity contribution in [2.75, 3.05) is 19.7 Å². The van der Waals surface area contributed by atoms with Gasteiger partial charge in [-0.2, -0.15) is 0 Å². The van der Waals surface area contributed by atoms with Gasteiger partial charge in [0.2, 0.25) is 0 Å². The van der Waals surface area contributed by atoms with E-state index in [9.17, 15) is 4.79 Å². The van der Waals surface area contributed by atoms with Gasteiger partial charge in [0.25, 0.3) is 5.91 Å². The van der Waals surface area contributed by atoms with Crippen LogP contribution in [0.1, 0.15) is 55.6 Å². The lowest BCUT2D eigenvalue weighted by Gasteiger charge is -2.32. The van der Waals surface area contributed by atoms with Gasteiger partial charge in [0, 0.05) is 36.4 Å². The fraction of sp³-hybridized carbons (Fsp3) is 0.688. The van der Waals surface area contributed by atoms with Crippen molar-refractivity contribution in [2.45, 2.75) is 51.2 Å². The highest BCUT2D eigenvalue weighted by Crippen LogP contribution is 2.38. The quantitative estimate of drug-likeness (QED) is 0.809. The van der Waals surface area contributed by atoms with Gasteiger partial charge in [-0.05, 0) is 54.1 Å². The van der Waals surface area contributed by atoms with Crippen molar-refractivity contribution >= 4 is 21.8 Å². The molecule has 1 aromatic rings. The summed E-state index contributed by atoms with van der Waals surface area (Å²) in [7, 11) is 0. The molecule has 0 aromatic carbocycles. The number of rotatable bonds is 5. The minimum atomic E-state index is 0.150. The fourth-order valence-corrected chi connectivity index (χ4v) is 3.41. The van der Waals surface area contributed by atoms with Crippen LogP contribution in [0.4, 0.5) is 0 Å². The first-order valence-electron chi connectivity index (χ1n) is 7.97. The van der Waals surface area contributed by atoms with Gasteiger partial charge in [-0.15, -0.1) is 0 Å². The van der Waals surface area contributed by atoms with E-state index in [1.54, 1.807) is 0 Å². The number of nitrogens with zero attached hydrogens (tertiary/aromatic N) is 2. The Hall–Kier alpha value is -0.810. The smallest absolute Gasteiger partial charge is 0.270 e. The standard InChI is InChI=1S/C16H23BrN2O2/c1-2-8-21-14-4-3-7-18(11-14)16(20)15-9-12(17)10-19(15)13-5-6-13/h9-10,13-14H,2-8,11H2,1H3. The number of piperidine rings is 1. The van der Waals surface area contributed by atoms with Gasteiger partial charge in [0.15, 0.2) is 0 Å². The van der Waals surface area contributed by atoms with Crippen LogP contribution in [0.15, 0.2) is 16.7 Å². The van der Waals surface area contributed by atoms with Gasteiger partial charge in [0.05, 0.1) is 6.10 Å². The van der Waals surface area contributed by atoms with Gasteiger partial charge in [-0.25, -0.2) is 0 Å². The lowest BCUT2D eigenvalue weighted by molar-refractivity contribution is 0.00177. The first kappa shape index (κ1) is 15.1. The van der Waals surface area contributed by atoms with Crippen LogP contribution in [0.3, 0.4) is 0 Å². The molecule has 1 aliphatic heterocycles. The Balaban J connectivity index is 1.69. The molecule has 1 amide bonds. The summed E-state index contributed by atoms with van der Waals surface area (Å²) in [4.78, 5) is 14.8. The number of amides is 1. The van der Waals surface area contributed by atoms with E-state index in [4.69, 9.17) is 4.74 Å². The van der Waals surface area contributed by atoms with Crippen molar-refractivity contribution < 1.29 is 9.53 Å². The largest absolute Gasteiger partial charge is 0.376 e. The van der Waals surface area contributed by atoms with E-state index in [0.717, 1.165) is 49.1 Å². The number of carbonyl (C=O) groups excluding carboxylic acids is 1. The zero-order valence-electron chi connectivity index (χ0n) is 12.6. The Morgan fingerprint density at radius 1 is 1.43 bits per heavy atom. The number of halogens is 1. The molecule has 2 aliphatic rings. The number of hydrogen-bond acceptors (Lipinski definition) is 2. The summed E-state index contributed by atoms with van der Waals surface area (Å²) in [6.45, 7) is 4.48. The van der Waals surface area contributed by atoms with Crippen LogP contribution in [-0.2, 0) is 4.74 Å². The fourth-order valence-electron chi connectivity index (χ4n) is 2.98. The van der Waals surface area contributed by atoms with Crippen LogP contribution in [0, 0.1) is 0 Å². The maximum absolute atomic E-state index is 12.8. The van der Waals surface area contributed by atoms with Crippen LogP contribution >= 0.6 is 15.9 Å². The van der Waals surface area contributed by atoms with E-state index >= 15 is 0 Å². The molecule has 1 aromatic heterocycles. The summed E-state index contributed by atoms with van der Waals surface area (Å²) in [6.07, 6.45) is 7.74. The molecule has 5 heteroatoms. The van der Waals surface area contributed by atoms with Gasteiger partial charge >= 0.3 is 0 Å². The highest BCUT2D eigenvalue weighted by atomic mass is 79.9. The SMILES string of the molecule is CCCOC1CCCN(C(=O)c2cc(Br)cn2C2CC2)C1. The van der Waals surface area contributed by atoms with E-state index in [1.165, 1.54) is 12.8 Å². The lowest BCUT2D eigenvalue weighted by atomic mass is 10.1. The molecule has 0 radical (unpaired) electrons. The molecule has 4 nitrogen and oxygen atoms in total. The summed E-state index contributed by atoms with van der Waals surface area (Å²) < 4.78 is 8.97. The van der Waals surface area contributed by atoms with Crippen LogP contribution < -0.4 is 0 Å². The number of carbonyl (C=O) groups is 1. The third-order valence-corrected chi connectivity index (χ3v) is 4.63. The number of aromatic nitrogens is 1. The molecule has 1 unspecified atom stereocenters. The first-order chi connectivity index (χ1) is 10.2. The molecule has 1 saturated carbocycles. The van der Waals surface area contributed by atoms with Crippen LogP contribution in [0.5, 0.6) is 0 Å². The minimum absolute atomic E-state index is 0.150. The van der Waals surface area contributed by atoms with Crippen molar-refractivity contribution in [2.24, 2.45) is 0 Å². The molecule has 0 spiro atoms. The van der Waals surface area contributed by atoms with Crippen molar-refractivity contribution in [1.82, 2.24) is 9.47 Å². The number of ether oxygens (including phenoxy) is 1. The number of hydrogen-bond donors (Lipinski definition) is 0. The summed E-state index contributed by atoms with van der Waals surface area (Å²) in [6, 6.07) is 2.48. The van der Waals surface area contributed by atoms with E-state index in [-0.39, 0.29) is 12.0 Å². The van der Waals surface area contributed by atoms with Crippen molar-refractivity contribution in [3.8, 4) is 0 Å². The van der Waals surface area contributed by atoms with E-state index < -0.39 is 0 Å². The predicted octanol–water partition coefficient (Wildman–Crippen LogP) is 3.62. The zero-order chi connectivity index (χ0) is 14.8. The normalized spacial score (nSPS) is 22.6. The second-order valence-electron chi connectivity index (χ2n) is 6.07. The zero-order valence-corrected chi connectivity index (χ0v) is 14.1.